The first-order valence-corrected chi connectivity index (χ1v) is 14.1. The number of aromatic hydroxyl groups is 1. The van der Waals surface area contributed by atoms with Gasteiger partial charge in [0.05, 0.1) is 21.3 Å². The molecule has 8 nitrogen and oxygen atoms in total. The molecule has 2 aromatic rings. The van der Waals surface area contributed by atoms with Crippen LogP contribution < -0.4 is 5.01 Å². The summed E-state index contributed by atoms with van der Waals surface area (Å²) in [5.41, 5.74) is -0.261. The fraction of sp³-hybridized carbons (Fsp3) is 0.276. The third-order valence-electron chi connectivity index (χ3n) is 8.34. The zero-order valence-electron chi connectivity index (χ0n) is 22.0. The van der Waals surface area contributed by atoms with Gasteiger partial charge in [0.15, 0.2) is 29.0 Å². The molecule has 14 heteroatoms. The first-order valence-electron chi connectivity index (χ1n) is 12.9. The Bertz CT molecular complexity index is 1750. The van der Waals surface area contributed by atoms with Gasteiger partial charge in [0, 0.05) is 30.2 Å². The van der Waals surface area contributed by atoms with Crippen LogP contribution >= 0.6 is 27.5 Å². The Morgan fingerprint density at radius 3 is 2.49 bits per heavy atom. The van der Waals surface area contributed by atoms with Crippen molar-refractivity contribution in [3.8, 4) is 5.75 Å². The van der Waals surface area contributed by atoms with Crippen LogP contribution in [0.25, 0.3) is 0 Å². The van der Waals surface area contributed by atoms with Crippen molar-refractivity contribution >= 4 is 56.7 Å². The maximum absolute atomic E-state index is 14.5. The number of aromatic nitrogens is 1. The van der Waals surface area contributed by atoms with Crippen LogP contribution in [0.5, 0.6) is 5.75 Å². The molecule has 2 amide bonds. The highest BCUT2D eigenvalue weighted by Crippen LogP contribution is 2.55. The molecular weight excluding hydrogens is 662 g/mol. The summed E-state index contributed by atoms with van der Waals surface area (Å²) in [5, 5.41) is 11.1. The van der Waals surface area contributed by atoms with Gasteiger partial charge in [-0.1, -0.05) is 29.3 Å². The number of carbonyl (C=O) groups excluding carboxylic acids is 4. The lowest BCUT2D eigenvalue weighted by Crippen LogP contribution is -2.46. The molecule has 6 rings (SSSR count). The maximum Gasteiger partial charge on any atom is 0.433 e. The second kappa shape index (κ2) is 10.1. The van der Waals surface area contributed by atoms with Gasteiger partial charge in [-0.05, 0) is 64.5 Å². The van der Waals surface area contributed by atoms with E-state index in [0.29, 0.717) is 16.6 Å². The van der Waals surface area contributed by atoms with Crippen molar-refractivity contribution in [2.45, 2.75) is 24.9 Å². The number of imide groups is 1. The number of ketones is 2. The Kier molecular flexibility index (Phi) is 6.88. The number of hydrazine groups is 1. The van der Waals surface area contributed by atoms with Gasteiger partial charge in [0.2, 0.25) is 0 Å². The van der Waals surface area contributed by atoms with E-state index in [9.17, 15) is 41.8 Å². The summed E-state index contributed by atoms with van der Waals surface area (Å²) in [5.74, 6) is -8.16. The minimum atomic E-state index is -4.81. The summed E-state index contributed by atoms with van der Waals surface area (Å²) in [7, 11) is 1.20. The molecule has 1 aromatic heterocycles. The number of phenols is 1. The molecule has 0 spiro atoms. The van der Waals surface area contributed by atoms with Crippen molar-refractivity contribution in [3.05, 3.63) is 85.8 Å². The lowest BCUT2D eigenvalue weighted by atomic mass is 9.59. The van der Waals surface area contributed by atoms with E-state index in [2.05, 4.69) is 20.9 Å². The fourth-order valence-electron chi connectivity index (χ4n) is 6.48. The van der Waals surface area contributed by atoms with Gasteiger partial charge >= 0.3 is 6.18 Å². The molecule has 4 atom stereocenters. The van der Waals surface area contributed by atoms with Gasteiger partial charge in [-0.25, -0.2) is 9.37 Å². The van der Waals surface area contributed by atoms with Crippen LogP contribution in [0.2, 0.25) is 5.02 Å². The number of fused-ring (bicyclic) bond motifs is 3. The molecule has 2 heterocycles. The predicted molar refractivity (Wildman–Crippen MR) is 147 cm³/mol. The average molecular weight is 681 g/mol. The summed E-state index contributed by atoms with van der Waals surface area (Å²) in [6.07, 6.45) is -2.03. The molecule has 1 fully saturated rings. The molecule has 3 aliphatic carbocycles. The monoisotopic (exact) mass is 679 g/mol. The normalized spacial score (nSPS) is 25.3. The zero-order valence-corrected chi connectivity index (χ0v) is 24.3. The minimum Gasteiger partial charge on any atom is -0.505 e. The standard InChI is InChI=1S/C29H19BrClF4N3O5/c1-37(26-17(31)5-7-21(36-26)29(33,34)35)38-27(42)13-4-3-12-14(23(13)28(38)43)9-15-24(20(40)10-16(30)25(15)41)22(12)11-2-6-19(39)18(32)8-11/h2-3,5-8,10,13-14,22-23,39H,4,9H2,1H3. The highest BCUT2D eigenvalue weighted by Gasteiger charge is 2.57. The van der Waals surface area contributed by atoms with Gasteiger partial charge in [0.25, 0.3) is 11.8 Å². The summed E-state index contributed by atoms with van der Waals surface area (Å²) in [4.78, 5) is 57.7. The third-order valence-corrected chi connectivity index (χ3v) is 9.22. The second-order valence-electron chi connectivity index (χ2n) is 10.6. The van der Waals surface area contributed by atoms with E-state index in [1.165, 1.54) is 13.1 Å². The Hall–Kier alpha value is -3.84. The molecule has 0 bridgehead atoms. The van der Waals surface area contributed by atoms with Gasteiger partial charge < -0.3 is 5.11 Å². The van der Waals surface area contributed by atoms with Gasteiger partial charge in [-0.3, -0.25) is 24.2 Å². The van der Waals surface area contributed by atoms with Crippen LogP contribution in [0.1, 0.15) is 30.0 Å². The number of amides is 2. The number of pyridine rings is 1. The number of carbonyl (C=O) groups is 4. The number of benzene rings is 1. The summed E-state index contributed by atoms with van der Waals surface area (Å²) in [6, 6.07) is 5.23. The number of phenolic OH excluding ortho intramolecular Hbond substituents is 1. The van der Waals surface area contributed by atoms with E-state index in [4.69, 9.17) is 11.6 Å². The smallest absolute Gasteiger partial charge is 0.433 e. The Labute approximate surface area is 254 Å². The van der Waals surface area contributed by atoms with E-state index >= 15 is 0 Å². The minimum absolute atomic E-state index is 0.00660. The van der Waals surface area contributed by atoms with E-state index in [-0.39, 0.29) is 39.1 Å². The number of hydrogen-bond donors (Lipinski definition) is 1. The van der Waals surface area contributed by atoms with E-state index < -0.39 is 76.3 Å². The van der Waals surface area contributed by atoms with Crippen LogP contribution in [0.4, 0.5) is 23.4 Å². The second-order valence-corrected chi connectivity index (χ2v) is 11.9. The first-order chi connectivity index (χ1) is 20.2. The third kappa shape index (κ3) is 4.51. The molecule has 222 valence electrons. The van der Waals surface area contributed by atoms with Crippen LogP contribution in [0.3, 0.4) is 0 Å². The molecule has 1 N–H and O–H groups in total. The largest absolute Gasteiger partial charge is 0.505 e. The fourth-order valence-corrected chi connectivity index (χ4v) is 7.15. The van der Waals surface area contributed by atoms with E-state index in [1.807, 2.05) is 0 Å². The van der Waals surface area contributed by atoms with Crippen LogP contribution in [0.15, 0.2) is 63.7 Å². The number of anilines is 1. The Morgan fingerprint density at radius 1 is 1.09 bits per heavy atom. The average Bonchev–Trinajstić information content (AvgIpc) is 3.21. The lowest BCUT2D eigenvalue weighted by Gasteiger charge is -2.42. The highest BCUT2D eigenvalue weighted by molar-refractivity contribution is 9.12. The molecule has 1 saturated heterocycles. The SMILES string of the molecule is CN(c1nc(C(F)(F)F)ccc1Cl)N1C(=O)C2CC=C3C(c4ccc(O)c(F)c4)C4=C(CC3C2C1=O)C(=O)C(Br)=CC4=O. The van der Waals surface area contributed by atoms with Crippen molar-refractivity contribution in [2.24, 2.45) is 17.8 Å². The van der Waals surface area contributed by atoms with Gasteiger partial charge in [0.1, 0.15) is 5.69 Å². The summed E-state index contributed by atoms with van der Waals surface area (Å²) in [6.45, 7) is 0. The number of rotatable bonds is 3. The quantitative estimate of drug-likeness (QED) is 0.200. The number of halogens is 6. The number of hydrogen-bond acceptors (Lipinski definition) is 7. The number of alkyl halides is 3. The van der Waals surface area contributed by atoms with Crippen molar-refractivity contribution < 1.29 is 41.8 Å². The van der Waals surface area contributed by atoms with E-state index in [1.54, 1.807) is 6.08 Å². The van der Waals surface area contributed by atoms with Crippen molar-refractivity contribution in [1.29, 1.82) is 0 Å². The molecule has 4 unspecified atom stereocenters. The Morgan fingerprint density at radius 2 is 1.81 bits per heavy atom. The number of allylic oxidation sites excluding steroid dienone is 6. The van der Waals surface area contributed by atoms with Gasteiger partial charge in [-0.2, -0.15) is 18.2 Å². The Balaban J connectivity index is 1.43. The topological polar surface area (TPSA) is 108 Å². The summed E-state index contributed by atoms with van der Waals surface area (Å²) >= 11 is 9.26. The zero-order chi connectivity index (χ0) is 31.1. The maximum atomic E-state index is 14.5. The van der Waals surface area contributed by atoms with Crippen LogP contribution in [0, 0.1) is 23.6 Å². The van der Waals surface area contributed by atoms with Crippen molar-refractivity contribution in [3.63, 3.8) is 0 Å². The molecule has 43 heavy (non-hydrogen) atoms. The predicted octanol–water partition coefficient (Wildman–Crippen LogP) is 5.41. The van der Waals surface area contributed by atoms with Crippen LogP contribution in [-0.2, 0) is 25.4 Å². The molecular formula is C29H19BrClF4N3O5. The number of Topliss-reactive ketones (excluding diaryl/α,β-unsaturated/α-hetero) is 1. The van der Waals surface area contributed by atoms with Crippen LogP contribution in [-0.4, -0.2) is 45.5 Å². The van der Waals surface area contributed by atoms with Gasteiger partial charge in [-0.15, -0.1) is 0 Å². The highest BCUT2D eigenvalue weighted by atomic mass is 79.9. The first kappa shape index (κ1) is 29.2. The molecule has 4 aliphatic rings. The number of nitrogens with zero attached hydrogens (tertiary/aromatic N) is 3. The molecule has 0 radical (unpaired) electrons. The lowest BCUT2D eigenvalue weighted by molar-refractivity contribution is -0.141. The molecule has 0 saturated carbocycles. The van der Waals surface area contributed by atoms with Crippen molar-refractivity contribution in [1.82, 2.24) is 9.99 Å². The van der Waals surface area contributed by atoms with Crippen molar-refractivity contribution in [2.75, 3.05) is 12.1 Å². The molecule has 1 aromatic carbocycles. The molecule has 1 aliphatic heterocycles. The summed E-state index contributed by atoms with van der Waals surface area (Å²) < 4.78 is 54.7. The van der Waals surface area contributed by atoms with E-state index in [0.717, 1.165) is 29.3 Å².